The van der Waals surface area contributed by atoms with Crippen LogP contribution in [0.5, 0.6) is 0 Å². The van der Waals surface area contributed by atoms with Crippen molar-refractivity contribution in [2.45, 2.75) is 90.4 Å². The van der Waals surface area contributed by atoms with E-state index in [1.165, 1.54) is 92.9 Å². The van der Waals surface area contributed by atoms with Gasteiger partial charge in [0, 0.05) is 17.1 Å². The van der Waals surface area contributed by atoms with Gasteiger partial charge in [0.1, 0.15) is 0 Å². The molecular formula is C47H49N. The van der Waals surface area contributed by atoms with Crippen molar-refractivity contribution in [2.24, 2.45) is 0 Å². The summed E-state index contributed by atoms with van der Waals surface area (Å²) in [5.41, 5.74) is 13.9. The van der Waals surface area contributed by atoms with E-state index in [-0.39, 0.29) is 10.8 Å². The van der Waals surface area contributed by atoms with E-state index in [9.17, 15) is 0 Å². The highest BCUT2D eigenvalue weighted by molar-refractivity contribution is 5.97. The molecule has 0 bridgehead atoms. The van der Waals surface area contributed by atoms with Gasteiger partial charge in [-0.3, -0.25) is 4.98 Å². The number of hydrogen-bond acceptors (Lipinski definition) is 1. The third-order valence-electron chi connectivity index (χ3n) is 10.4. The number of fused-ring (bicyclic) bond motifs is 1. The normalized spacial score (nSPS) is 14.4. The molecule has 1 aromatic heterocycles. The Kier molecular flexibility index (Phi) is 8.58. The van der Waals surface area contributed by atoms with E-state index in [1.807, 2.05) is 0 Å². The Morgan fingerprint density at radius 2 is 0.938 bits per heavy atom. The van der Waals surface area contributed by atoms with Gasteiger partial charge in [0.25, 0.3) is 0 Å². The molecule has 242 valence electrons. The molecule has 1 aliphatic carbocycles. The van der Waals surface area contributed by atoms with E-state index in [0.717, 1.165) is 11.3 Å². The van der Waals surface area contributed by atoms with Crippen molar-refractivity contribution >= 4 is 10.8 Å². The second-order valence-electron chi connectivity index (χ2n) is 16.0. The summed E-state index contributed by atoms with van der Waals surface area (Å²) >= 11 is 0. The molecule has 0 atom stereocenters. The summed E-state index contributed by atoms with van der Waals surface area (Å²) in [6.07, 6.45) is 8.74. The number of benzene rings is 5. The summed E-state index contributed by atoms with van der Waals surface area (Å²) < 4.78 is 0. The molecule has 1 heterocycles. The molecule has 0 unspecified atom stereocenters. The van der Waals surface area contributed by atoms with Gasteiger partial charge in [-0.1, -0.05) is 152 Å². The fourth-order valence-corrected chi connectivity index (χ4v) is 7.48. The maximum absolute atomic E-state index is 5.17. The van der Waals surface area contributed by atoms with Crippen molar-refractivity contribution in [1.29, 1.82) is 0 Å². The molecule has 0 spiro atoms. The molecule has 1 fully saturated rings. The van der Waals surface area contributed by atoms with Crippen LogP contribution in [0.2, 0.25) is 0 Å². The minimum atomic E-state index is 0.119. The van der Waals surface area contributed by atoms with Crippen molar-refractivity contribution in [3.63, 3.8) is 0 Å². The highest BCUT2D eigenvalue weighted by atomic mass is 14.7. The SMILES string of the molecule is CC(C)(C)c1ccc(-c2cc(-c3ccc(C(C)(C)C)cc3)cc(-c3cccc(-c4ncc(C5CCCCC5)c5ccccc45)c3)c2)cc1. The second-order valence-corrected chi connectivity index (χ2v) is 16.0. The molecular weight excluding hydrogens is 579 g/mol. The Morgan fingerprint density at radius 3 is 1.48 bits per heavy atom. The van der Waals surface area contributed by atoms with E-state index >= 15 is 0 Å². The summed E-state index contributed by atoms with van der Waals surface area (Å²) in [5.74, 6) is 0.618. The lowest BCUT2D eigenvalue weighted by molar-refractivity contribution is 0.445. The van der Waals surface area contributed by atoms with Crippen LogP contribution in [0.1, 0.15) is 96.3 Å². The van der Waals surface area contributed by atoms with Gasteiger partial charge in [-0.15, -0.1) is 0 Å². The van der Waals surface area contributed by atoms with Gasteiger partial charge >= 0.3 is 0 Å². The summed E-state index contributed by atoms with van der Waals surface area (Å²) in [4.78, 5) is 5.17. The second kappa shape index (κ2) is 12.8. The van der Waals surface area contributed by atoms with Gasteiger partial charge in [-0.2, -0.15) is 0 Å². The van der Waals surface area contributed by atoms with Crippen LogP contribution in [-0.4, -0.2) is 4.98 Å². The minimum Gasteiger partial charge on any atom is -0.255 e. The van der Waals surface area contributed by atoms with Crippen LogP contribution in [0.4, 0.5) is 0 Å². The molecule has 5 aromatic carbocycles. The number of hydrogen-bond donors (Lipinski definition) is 0. The van der Waals surface area contributed by atoms with E-state index < -0.39 is 0 Å². The van der Waals surface area contributed by atoms with E-state index in [4.69, 9.17) is 4.98 Å². The number of nitrogens with zero attached hydrogens (tertiary/aromatic N) is 1. The molecule has 48 heavy (non-hydrogen) atoms. The number of pyridine rings is 1. The number of aromatic nitrogens is 1. The third-order valence-corrected chi connectivity index (χ3v) is 10.4. The van der Waals surface area contributed by atoms with Gasteiger partial charge in [0.05, 0.1) is 5.69 Å². The predicted molar refractivity (Wildman–Crippen MR) is 207 cm³/mol. The lowest BCUT2D eigenvalue weighted by Crippen LogP contribution is -2.10. The largest absolute Gasteiger partial charge is 0.255 e. The monoisotopic (exact) mass is 627 g/mol. The fourth-order valence-electron chi connectivity index (χ4n) is 7.48. The molecule has 1 heteroatoms. The summed E-state index contributed by atoms with van der Waals surface area (Å²) in [6.45, 7) is 13.6. The maximum Gasteiger partial charge on any atom is 0.0780 e. The van der Waals surface area contributed by atoms with Crippen LogP contribution in [0.15, 0.2) is 121 Å². The van der Waals surface area contributed by atoms with Crippen molar-refractivity contribution in [3.05, 3.63) is 138 Å². The first-order valence-electron chi connectivity index (χ1n) is 17.9. The lowest BCUT2D eigenvalue weighted by Gasteiger charge is -2.23. The average Bonchev–Trinajstić information content (AvgIpc) is 3.11. The highest BCUT2D eigenvalue weighted by Gasteiger charge is 2.20. The summed E-state index contributed by atoms with van der Waals surface area (Å²) in [7, 11) is 0. The predicted octanol–water partition coefficient (Wildman–Crippen LogP) is 13.5. The molecule has 1 saturated carbocycles. The highest BCUT2D eigenvalue weighted by Crippen LogP contribution is 2.40. The standard InChI is InChI=1S/C47H49N/c1-46(2,3)40-23-19-32(20-24-40)37-28-38(33-21-25-41(26-22-33)47(4,5)6)30-39(29-37)35-15-12-16-36(27-35)45-43-18-11-10-17-42(43)44(31-48-45)34-13-8-7-9-14-34/h10-12,15-31,34H,7-9,13-14H2,1-6H3. The first-order chi connectivity index (χ1) is 23.0. The van der Waals surface area contributed by atoms with Gasteiger partial charge in [0.15, 0.2) is 0 Å². The molecule has 0 amide bonds. The molecule has 0 aliphatic heterocycles. The summed E-state index contributed by atoms with van der Waals surface area (Å²) in [5, 5.41) is 2.62. The Bertz CT molecular complexity index is 1970. The molecule has 7 rings (SSSR count). The Labute approximate surface area is 288 Å². The van der Waals surface area contributed by atoms with Crippen molar-refractivity contribution in [3.8, 4) is 44.6 Å². The molecule has 0 N–H and O–H groups in total. The smallest absolute Gasteiger partial charge is 0.0780 e. The zero-order chi connectivity index (χ0) is 33.5. The van der Waals surface area contributed by atoms with Crippen LogP contribution >= 0.6 is 0 Å². The van der Waals surface area contributed by atoms with E-state index in [2.05, 4.69) is 163 Å². The van der Waals surface area contributed by atoms with Gasteiger partial charge < -0.3 is 0 Å². The zero-order valence-electron chi connectivity index (χ0n) is 29.6. The van der Waals surface area contributed by atoms with Crippen LogP contribution in [0, 0.1) is 0 Å². The van der Waals surface area contributed by atoms with Gasteiger partial charge in [-0.05, 0) is 109 Å². The molecule has 1 aliphatic rings. The van der Waals surface area contributed by atoms with Gasteiger partial charge in [0.2, 0.25) is 0 Å². The van der Waals surface area contributed by atoms with Crippen LogP contribution in [0.3, 0.4) is 0 Å². The van der Waals surface area contributed by atoms with Crippen LogP contribution in [-0.2, 0) is 10.8 Å². The van der Waals surface area contributed by atoms with Crippen molar-refractivity contribution in [1.82, 2.24) is 4.98 Å². The third kappa shape index (κ3) is 6.61. The average molecular weight is 628 g/mol. The molecule has 6 aromatic rings. The topological polar surface area (TPSA) is 12.9 Å². The Hall–Kier alpha value is -4.49. The van der Waals surface area contributed by atoms with Crippen LogP contribution < -0.4 is 0 Å². The van der Waals surface area contributed by atoms with E-state index in [1.54, 1.807) is 0 Å². The van der Waals surface area contributed by atoms with Crippen molar-refractivity contribution in [2.75, 3.05) is 0 Å². The Morgan fingerprint density at radius 1 is 0.458 bits per heavy atom. The maximum atomic E-state index is 5.17. The molecule has 1 nitrogen and oxygen atoms in total. The van der Waals surface area contributed by atoms with Crippen molar-refractivity contribution < 1.29 is 0 Å². The quantitative estimate of drug-likeness (QED) is 0.185. The van der Waals surface area contributed by atoms with Gasteiger partial charge in [-0.25, -0.2) is 0 Å². The lowest BCUT2D eigenvalue weighted by atomic mass is 9.82. The molecule has 0 radical (unpaired) electrons. The molecule has 0 saturated heterocycles. The number of rotatable bonds is 5. The van der Waals surface area contributed by atoms with E-state index in [0.29, 0.717) is 5.92 Å². The fraction of sp³-hybridized carbons (Fsp3) is 0.298. The Balaban J connectivity index is 1.33. The summed E-state index contributed by atoms with van der Waals surface area (Å²) in [6, 6.07) is 43.3. The minimum absolute atomic E-state index is 0.119. The zero-order valence-corrected chi connectivity index (χ0v) is 29.6. The van der Waals surface area contributed by atoms with Crippen LogP contribution in [0.25, 0.3) is 55.4 Å². The first-order valence-corrected chi connectivity index (χ1v) is 17.9. The first kappa shape index (κ1) is 32.1.